The van der Waals surface area contributed by atoms with Gasteiger partial charge in [-0.05, 0) is 7.05 Å². The molecular formula is C7H15NO5S. The maximum atomic E-state index is 9.62. The fourth-order valence-electron chi connectivity index (χ4n) is 1.51. The molecule has 0 saturated carbocycles. The first-order chi connectivity index (χ1) is 6.44. The fourth-order valence-corrected chi connectivity index (χ4v) is 1.93. The third-order valence-corrected chi connectivity index (χ3v) is 2.68. The summed E-state index contributed by atoms with van der Waals surface area (Å²) in [4.78, 5) is 0. The highest BCUT2D eigenvalue weighted by molar-refractivity contribution is 7.81. The van der Waals surface area contributed by atoms with Crippen molar-refractivity contribution in [2.24, 2.45) is 0 Å². The number of ether oxygens (including phenoxy) is 1. The summed E-state index contributed by atoms with van der Waals surface area (Å²) in [5.74, 6) is 0. The first kappa shape index (κ1) is 12.2. The van der Waals surface area contributed by atoms with Crippen LogP contribution in [0.4, 0.5) is 0 Å². The number of thiol groups is 1. The third kappa shape index (κ3) is 2.03. The Bertz CT molecular complexity index is 203. The summed E-state index contributed by atoms with van der Waals surface area (Å²) in [6, 6.07) is -0.927. The van der Waals surface area contributed by atoms with Crippen molar-refractivity contribution in [2.75, 3.05) is 13.7 Å². The van der Waals surface area contributed by atoms with Gasteiger partial charge < -0.3 is 30.5 Å². The molecule has 0 radical (unpaired) electrons. The summed E-state index contributed by atoms with van der Waals surface area (Å²) in [6.07, 6.45) is -3.56. The van der Waals surface area contributed by atoms with E-state index in [-0.39, 0.29) is 0 Å². The van der Waals surface area contributed by atoms with Gasteiger partial charge in [0.25, 0.3) is 0 Å². The Labute approximate surface area is 86.9 Å². The van der Waals surface area contributed by atoms with Crippen LogP contribution in [0.3, 0.4) is 0 Å². The van der Waals surface area contributed by atoms with E-state index in [9.17, 15) is 15.3 Å². The second kappa shape index (κ2) is 4.31. The van der Waals surface area contributed by atoms with Gasteiger partial charge in [0.2, 0.25) is 5.12 Å². The summed E-state index contributed by atoms with van der Waals surface area (Å²) in [5.41, 5.74) is 0. The minimum Gasteiger partial charge on any atom is -0.394 e. The number of hydrogen-bond donors (Lipinski definition) is 6. The van der Waals surface area contributed by atoms with Crippen LogP contribution >= 0.6 is 12.6 Å². The molecule has 0 aliphatic carbocycles. The molecule has 14 heavy (non-hydrogen) atoms. The zero-order valence-corrected chi connectivity index (χ0v) is 8.56. The molecule has 0 amide bonds. The highest BCUT2D eigenvalue weighted by Gasteiger charge is 2.50. The van der Waals surface area contributed by atoms with Crippen LogP contribution < -0.4 is 5.32 Å². The molecule has 0 aromatic heterocycles. The average Bonchev–Trinajstić information content (AvgIpc) is 2.12. The monoisotopic (exact) mass is 225 g/mol. The van der Waals surface area contributed by atoms with E-state index in [4.69, 9.17) is 9.84 Å². The second-order valence-electron chi connectivity index (χ2n) is 3.25. The van der Waals surface area contributed by atoms with Gasteiger partial charge in [0.05, 0.1) is 6.61 Å². The number of nitrogens with one attached hydrogen (secondary N) is 1. The van der Waals surface area contributed by atoms with Gasteiger partial charge in [-0.15, -0.1) is 12.6 Å². The van der Waals surface area contributed by atoms with E-state index in [1.54, 1.807) is 0 Å². The number of likely N-dealkylation sites (N-methyl/N-ethyl adjacent to an activating group) is 1. The van der Waals surface area contributed by atoms with Gasteiger partial charge in [0, 0.05) is 0 Å². The van der Waals surface area contributed by atoms with Crippen LogP contribution in [0, 0.1) is 0 Å². The number of hydrogen-bond acceptors (Lipinski definition) is 7. The van der Waals surface area contributed by atoms with E-state index in [0.717, 1.165) is 0 Å². The van der Waals surface area contributed by atoms with Crippen molar-refractivity contribution in [1.82, 2.24) is 5.32 Å². The number of aliphatic hydroxyl groups excluding tert-OH is 3. The van der Waals surface area contributed by atoms with Gasteiger partial charge >= 0.3 is 0 Å². The zero-order valence-electron chi connectivity index (χ0n) is 7.66. The third-order valence-electron chi connectivity index (χ3n) is 2.29. The van der Waals surface area contributed by atoms with Crippen LogP contribution in [0.25, 0.3) is 0 Å². The highest BCUT2D eigenvalue weighted by atomic mass is 32.1. The molecule has 1 rings (SSSR count). The van der Waals surface area contributed by atoms with Crippen LogP contribution in [0.2, 0.25) is 0 Å². The Morgan fingerprint density at radius 1 is 1.43 bits per heavy atom. The van der Waals surface area contributed by atoms with E-state index in [1.165, 1.54) is 7.05 Å². The van der Waals surface area contributed by atoms with E-state index in [0.29, 0.717) is 0 Å². The average molecular weight is 225 g/mol. The fraction of sp³-hybridized carbons (Fsp3) is 1.00. The van der Waals surface area contributed by atoms with Crippen molar-refractivity contribution in [3.8, 4) is 0 Å². The lowest BCUT2D eigenvalue weighted by molar-refractivity contribution is -0.271. The second-order valence-corrected chi connectivity index (χ2v) is 3.89. The minimum absolute atomic E-state index is 0.502. The highest BCUT2D eigenvalue weighted by Crippen LogP contribution is 2.30. The first-order valence-electron chi connectivity index (χ1n) is 4.21. The number of rotatable bonds is 2. The molecule has 6 nitrogen and oxygen atoms in total. The molecule has 0 aromatic rings. The molecule has 0 bridgehead atoms. The van der Waals surface area contributed by atoms with Gasteiger partial charge in [-0.3, -0.25) is 0 Å². The van der Waals surface area contributed by atoms with Gasteiger partial charge in [0.15, 0.2) is 0 Å². The van der Waals surface area contributed by atoms with Gasteiger partial charge in [-0.1, -0.05) is 0 Å². The number of aliphatic hydroxyl groups is 4. The molecular weight excluding hydrogens is 210 g/mol. The van der Waals surface area contributed by atoms with E-state index >= 15 is 0 Å². The molecule has 0 spiro atoms. The van der Waals surface area contributed by atoms with Crippen molar-refractivity contribution in [3.05, 3.63) is 0 Å². The maximum absolute atomic E-state index is 9.62. The molecule has 84 valence electrons. The minimum atomic E-state index is -1.92. The van der Waals surface area contributed by atoms with Crippen LogP contribution in [0.15, 0.2) is 0 Å². The standard InChI is InChI=1S/C7H15NO5S/c1-8-6-5(11)4(10)3(2-9)13-7(6,12)14/h3-6,8-12,14H,2H2,1H3/t3-,4-,5+,6-,7?/m1/s1. The SMILES string of the molecule is CN[C@@H]1[C@@H](O)[C@H](O)[C@@H](CO)OC1(O)S. The van der Waals surface area contributed by atoms with Gasteiger partial charge in [-0.2, -0.15) is 0 Å². The smallest absolute Gasteiger partial charge is 0.231 e. The van der Waals surface area contributed by atoms with E-state index in [1.807, 2.05) is 0 Å². The molecule has 0 aromatic carbocycles. The molecule has 1 fully saturated rings. The Kier molecular flexibility index (Phi) is 3.75. The topological polar surface area (TPSA) is 102 Å². The Balaban J connectivity index is 2.83. The molecule has 1 aliphatic rings. The molecule has 7 heteroatoms. The Morgan fingerprint density at radius 2 is 2.00 bits per heavy atom. The first-order valence-corrected chi connectivity index (χ1v) is 4.65. The predicted molar refractivity (Wildman–Crippen MR) is 50.8 cm³/mol. The molecule has 1 unspecified atom stereocenters. The summed E-state index contributed by atoms with van der Waals surface area (Å²) in [7, 11) is 1.49. The molecule has 1 saturated heterocycles. The normalized spacial score (nSPS) is 49.3. The Hall–Kier alpha value is 0.110. The molecule has 5 N–H and O–H groups in total. The van der Waals surface area contributed by atoms with E-state index in [2.05, 4.69) is 17.9 Å². The van der Waals surface area contributed by atoms with Gasteiger partial charge in [0.1, 0.15) is 24.4 Å². The largest absolute Gasteiger partial charge is 0.394 e. The van der Waals surface area contributed by atoms with Crippen LogP contribution in [-0.4, -0.2) is 63.6 Å². The van der Waals surface area contributed by atoms with Crippen LogP contribution in [-0.2, 0) is 4.74 Å². The lowest BCUT2D eigenvalue weighted by Gasteiger charge is -2.45. The molecule has 1 heterocycles. The lowest BCUT2D eigenvalue weighted by Crippen LogP contribution is -2.66. The van der Waals surface area contributed by atoms with Crippen LogP contribution in [0.5, 0.6) is 0 Å². The Morgan fingerprint density at radius 3 is 2.43 bits per heavy atom. The molecule has 1 aliphatic heterocycles. The maximum Gasteiger partial charge on any atom is 0.231 e. The zero-order chi connectivity index (χ0) is 10.9. The van der Waals surface area contributed by atoms with Crippen molar-refractivity contribution < 1.29 is 25.2 Å². The molecule has 5 atom stereocenters. The predicted octanol–water partition coefficient (Wildman–Crippen LogP) is -2.74. The quantitative estimate of drug-likeness (QED) is 0.225. The lowest BCUT2D eigenvalue weighted by atomic mass is 9.97. The summed E-state index contributed by atoms with van der Waals surface area (Å²) >= 11 is 3.79. The van der Waals surface area contributed by atoms with Crippen LogP contribution in [0.1, 0.15) is 0 Å². The van der Waals surface area contributed by atoms with E-state index < -0.39 is 36.1 Å². The van der Waals surface area contributed by atoms with Crippen molar-refractivity contribution >= 4 is 12.6 Å². The van der Waals surface area contributed by atoms with Crippen molar-refractivity contribution in [2.45, 2.75) is 29.5 Å². The summed E-state index contributed by atoms with van der Waals surface area (Å²) in [6.45, 7) is -0.502. The van der Waals surface area contributed by atoms with Gasteiger partial charge in [-0.25, -0.2) is 0 Å². The summed E-state index contributed by atoms with van der Waals surface area (Å²) in [5, 5.41) is 38.1. The van der Waals surface area contributed by atoms with Crippen molar-refractivity contribution in [1.29, 1.82) is 0 Å². The van der Waals surface area contributed by atoms with Crippen molar-refractivity contribution in [3.63, 3.8) is 0 Å². The summed E-state index contributed by atoms with van der Waals surface area (Å²) < 4.78 is 4.91.